The van der Waals surface area contributed by atoms with Gasteiger partial charge in [0, 0.05) is 31.4 Å². The zero-order valence-electron chi connectivity index (χ0n) is 15.5. The first kappa shape index (κ1) is 20.3. The molecular weight excluding hydrogens is 348 g/mol. The summed E-state index contributed by atoms with van der Waals surface area (Å²) in [6, 6.07) is 14.2. The largest absolute Gasteiger partial charge is 0.496 e. The smallest absolute Gasteiger partial charge is 0.340 e. The number of amides is 1. The van der Waals surface area contributed by atoms with Gasteiger partial charge in [0.05, 0.1) is 19.3 Å². The predicted octanol–water partition coefficient (Wildman–Crippen LogP) is 1.91. The number of esters is 1. The summed E-state index contributed by atoms with van der Waals surface area (Å²) in [6.07, 6.45) is 0. The number of rotatable bonds is 9. The average Bonchev–Trinajstić information content (AvgIpc) is 2.70. The maximum Gasteiger partial charge on any atom is 0.340 e. The number of hydrogen-bond acceptors (Lipinski definition) is 6. The van der Waals surface area contributed by atoms with Crippen molar-refractivity contribution >= 4 is 17.6 Å². The molecule has 0 aliphatic heterocycles. The van der Waals surface area contributed by atoms with Crippen LogP contribution in [0.5, 0.6) is 5.75 Å². The van der Waals surface area contributed by atoms with Gasteiger partial charge in [0.2, 0.25) is 0 Å². The van der Waals surface area contributed by atoms with Gasteiger partial charge in [-0.3, -0.25) is 4.79 Å². The number of likely N-dealkylation sites (N-methyl/N-ethyl adjacent to an activating group) is 1. The molecule has 0 aliphatic rings. The minimum Gasteiger partial charge on any atom is -0.496 e. The topological polar surface area (TPSA) is 88.1 Å². The highest BCUT2D eigenvalue weighted by Gasteiger charge is 2.17. The number of anilines is 1. The first-order valence-corrected chi connectivity index (χ1v) is 8.53. The molecule has 0 spiro atoms. The first-order chi connectivity index (χ1) is 13.1. The van der Waals surface area contributed by atoms with Crippen LogP contribution in [0.15, 0.2) is 48.5 Å². The van der Waals surface area contributed by atoms with Crippen LogP contribution in [0.1, 0.15) is 15.9 Å². The maximum absolute atomic E-state index is 12.3. The second-order valence-electron chi connectivity index (χ2n) is 5.83. The number of aliphatic hydroxyl groups excluding tert-OH is 1. The van der Waals surface area contributed by atoms with E-state index in [1.165, 1.54) is 4.90 Å². The molecule has 2 aromatic carbocycles. The van der Waals surface area contributed by atoms with Gasteiger partial charge in [-0.05, 0) is 18.2 Å². The average molecular weight is 372 g/mol. The molecule has 7 heteroatoms. The van der Waals surface area contributed by atoms with Crippen molar-refractivity contribution in [3.05, 3.63) is 59.7 Å². The molecule has 2 rings (SSSR count). The lowest BCUT2D eigenvalue weighted by molar-refractivity contribution is -0.133. The minimum atomic E-state index is -0.602. The molecule has 0 atom stereocenters. The molecule has 0 saturated heterocycles. The van der Waals surface area contributed by atoms with Crippen LogP contribution in [0.3, 0.4) is 0 Å². The van der Waals surface area contributed by atoms with Crippen molar-refractivity contribution in [1.29, 1.82) is 0 Å². The number of benzene rings is 2. The fourth-order valence-electron chi connectivity index (χ4n) is 2.50. The lowest BCUT2D eigenvalue weighted by Gasteiger charge is -2.19. The lowest BCUT2D eigenvalue weighted by Crippen LogP contribution is -2.31. The van der Waals surface area contributed by atoms with Gasteiger partial charge in [0.25, 0.3) is 5.91 Å². The van der Waals surface area contributed by atoms with Gasteiger partial charge in [0.1, 0.15) is 5.75 Å². The van der Waals surface area contributed by atoms with Gasteiger partial charge < -0.3 is 24.8 Å². The van der Waals surface area contributed by atoms with Gasteiger partial charge in [0.15, 0.2) is 6.61 Å². The number of carbonyl (C=O) groups excluding carboxylic acids is 2. The molecule has 1 amide bonds. The number of nitrogens with one attached hydrogen (secondary N) is 1. The zero-order valence-corrected chi connectivity index (χ0v) is 15.5. The van der Waals surface area contributed by atoms with Crippen molar-refractivity contribution in [2.75, 3.05) is 39.2 Å². The molecule has 0 bridgehead atoms. The summed E-state index contributed by atoms with van der Waals surface area (Å²) in [4.78, 5) is 26.1. The molecule has 0 fully saturated rings. The standard InChI is InChI=1S/C20H24N2O5/c1-22(13-15-7-3-6-10-18(15)26-2)19(24)14-27-20(25)16-8-4-5-9-17(16)21-11-12-23/h3-10,21,23H,11-14H2,1-2H3. The molecule has 7 nitrogen and oxygen atoms in total. The summed E-state index contributed by atoms with van der Waals surface area (Å²) >= 11 is 0. The highest BCUT2D eigenvalue weighted by molar-refractivity contribution is 5.96. The predicted molar refractivity (Wildman–Crippen MR) is 102 cm³/mol. The van der Waals surface area contributed by atoms with E-state index in [9.17, 15) is 9.59 Å². The van der Waals surface area contributed by atoms with E-state index in [-0.39, 0.29) is 19.1 Å². The number of ether oxygens (including phenoxy) is 2. The third kappa shape index (κ3) is 5.72. The summed E-state index contributed by atoms with van der Waals surface area (Å²) in [5, 5.41) is 11.9. The van der Waals surface area contributed by atoms with Gasteiger partial charge in [-0.15, -0.1) is 0 Å². The van der Waals surface area contributed by atoms with Crippen LogP contribution in [-0.2, 0) is 16.1 Å². The van der Waals surface area contributed by atoms with Crippen molar-refractivity contribution in [2.24, 2.45) is 0 Å². The number of carbonyl (C=O) groups is 2. The second-order valence-corrected chi connectivity index (χ2v) is 5.83. The van der Waals surface area contributed by atoms with Crippen LogP contribution in [0.2, 0.25) is 0 Å². The molecule has 0 aromatic heterocycles. The van der Waals surface area contributed by atoms with Crippen LogP contribution in [0, 0.1) is 0 Å². The molecule has 2 aromatic rings. The Balaban J connectivity index is 1.94. The van der Waals surface area contributed by atoms with Crippen LogP contribution in [0.4, 0.5) is 5.69 Å². The summed E-state index contributed by atoms with van der Waals surface area (Å²) in [5.41, 5.74) is 1.72. The molecule has 0 saturated carbocycles. The first-order valence-electron chi connectivity index (χ1n) is 8.53. The Labute approximate surface area is 158 Å². The molecule has 144 valence electrons. The van der Waals surface area contributed by atoms with E-state index < -0.39 is 5.97 Å². The molecule has 27 heavy (non-hydrogen) atoms. The van der Waals surface area contributed by atoms with Crippen molar-refractivity contribution in [3.63, 3.8) is 0 Å². The van der Waals surface area contributed by atoms with Crippen molar-refractivity contribution in [1.82, 2.24) is 4.90 Å². The van der Waals surface area contributed by atoms with Crippen LogP contribution in [0.25, 0.3) is 0 Å². The number of aliphatic hydroxyl groups is 1. The van der Waals surface area contributed by atoms with Crippen LogP contribution >= 0.6 is 0 Å². The number of methoxy groups -OCH3 is 1. The van der Waals surface area contributed by atoms with E-state index in [0.29, 0.717) is 30.1 Å². The monoisotopic (exact) mass is 372 g/mol. The third-order valence-electron chi connectivity index (χ3n) is 3.93. The van der Waals surface area contributed by atoms with Crippen LogP contribution < -0.4 is 10.1 Å². The summed E-state index contributed by atoms with van der Waals surface area (Å²) in [5.74, 6) is -0.233. The molecule has 0 unspecified atom stereocenters. The molecule has 0 radical (unpaired) electrons. The van der Waals surface area contributed by atoms with E-state index in [1.807, 2.05) is 24.3 Å². The van der Waals surface area contributed by atoms with Gasteiger partial charge in [-0.2, -0.15) is 0 Å². The van der Waals surface area contributed by atoms with Gasteiger partial charge in [-0.25, -0.2) is 4.79 Å². The number of nitrogens with zero attached hydrogens (tertiary/aromatic N) is 1. The highest BCUT2D eigenvalue weighted by atomic mass is 16.5. The number of para-hydroxylation sites is 2. The fraction of sp³-hybridized carbons (Fsp3) is 0.300. The van der Waals surface area contributed by atoms with E-state index in [2.05, 4.69) is 5.32 Å². The van der Waals surface area contributed by atoms with E-state index in [1.54, 1.807) is 38.4 Å². The van der Waals surface area contributed by atoms with Crippen molar-refractivity contribution in [3.8, 4) is 5.75 Å². The summed E-state index contributed by atoms with van der Waals surface area (Å²) < 4.78 is 10.4. The molecule has 2 N–H and O–H groups in total. The SMILES string of the molecule is COc1ccccc1CN(C)C(=O)COC(=O)c1ccccc1NCCO. The van der Waals surface area contributed by atoms with Crippen LogP contribution in [-0.4, -0.2) is 55.8 Å². The molecular formula is C20H24N2O5. The zero-order chi connectivity index (χ0) is 19.6. The normalized spacial score (nSPS) is 10.2. The van der Waals surface area contributed by atoms with Gasteiger partial charge >= 0.3 is 5.97 Å². The Morgan fingerprint density at radius 1 is 1.11 bits per heavy atom. The molecule has 0 heterocycles. The quantitative estimate of drug-likeness (QED) is 0.654. The van der Waals surface area contributed by atoms with E-state index >= 15 is 0 Å². The van der Waals surface area contributed by atoms with Gasteiger partial charge in [-0.1, -0.05) is 30.3 Å². The second kappa shape index (κ2) is 10.2. The van der Waals surface area contributed by atoms with E-state index in [4.69, 9.17) is 14.6 Å². The van der Waals surface area contributed by atoms with E-state index in [0.717, 1.165) is 5.56 Å². The van der Waals surface area contributed by atoms with Crippen molar-refractivity contribution < 1.29 is 24.2 Å². The minimum absolute atomic E-state index is 0.0599. The summed E-state index contributed by atoms with van der Waals surface area (Å²) in [7, 11) is 3.21. The number of hydrogen-bond donors (Lipinski definition) is 2. The fourth-order valence-corrected chi connectivity index (χ4v) is 2.50. The third-order valence-corrected chi connectivity index (χ3v) is 3.93. The Bertz CT molecular complexity index is 778. The lowest BCUT2D eigenvalue weighted by atomic mass is 10.2. The Kier molecular flexibility index (Phi) is 7.63. The van der Waals surface area contributed by atoms with Crippen molar-refractivity contribution in [2.45, 2.75) is 6.54 Å². The summed E-state index contributed by atoms with van der Waals surface area (Å²) in [6.45, 7) is 0.230. The Morgan fingerprint density at radius 3 is 2.56 bits per heavy atom. The maximum atomic E-state index is 12.3. The highest BCUT2D eigenvalue weighted by Crippen LogP contribution is 2.19. The Hall–Kier alpha value is -3.06. The molecule has 0 aliphatic carbocycles. The Morgan fingerprint density at radius 2 is 1.81 bits per heavy atom.